The minimum atomic E-state index is -1.21. The van der Waals surface area contributed by atoms with E-state index < -0.39 is 71.3 Å². The second-order valence-electron chi connectivity index (χ2n) is 19.8. The van der Waals surface area contributed by atoms with E-state index in [1.54, 1.807) is 27.7 Å². The van der Waals surface area contributed by atoms with Gasteiger partial charge in [0.05, 0.1) is 69.9 Å². The van der Waals surface area contributed by atoms with Gasteiger partial charge in [0, 0.05) is 56.7 Å². The topological polar surface area (TPSA) is 302 Å². The van der Waals surface area contributed by atoms with Crippen LogP contribution >= 0.6 is 0 Å². The first-order valence-corrected chi connectivity index (χ1v) is 28.2. The van der Waals surface area contributed by atoms with E-state index in [1.807, 2.05) is 20.8 Å². The first-order chi connectivity index (χ1) is 39.8. The number of hydrogen-bond donors (Lipinski definition) is 3. The Morgan fingerprint density at radius 2 is 0.714 bits per heavy atom. The lowest BCUT2D eigenvalue weighted by Gasteiger charge is -2.29. The zero-order valence-corrected chi connectivity index (χ0v) is 51.9. The molecule has 0 aromatic heterocycles. The first kappa shape index (κ1) is 81.8. The average Bonchev–Trinajstić information content (AvgIpc) is 3.53. The van der Waals surface area contributed by atoms with Crippen molar-refractivity contribution in [3.63, 3.8) is 0 Å². The molecule has 6 unspecified atom stereocenters. The molecule has 0 bridgehead atoms. The summed E-state index contributed by atoms with van der Waals surface area (Å²) in [6.07, 6.45) is 7.60. The molecule has 25 heteroatoms. The lowest BCUT2D eigenvalue weighted by Crippen LogP contribution is -2.54. The summed E-state index contributed by atoms with van der Waals surface area (Å²) in [5.74, 6) is -3.13. The van der Waals surface area contributed by atoms with Crippen LogP contribution < -0.4 is 16.0 Å². The van der Waals surface area contributed by atoms with Gasteiger partial charge in [-0.1, -0.05) is 79.9 Å². The fraction of sp³-hybridized carbons (Fsp3) is 0.695. The largest absolute Gasteiger partial charge is 0.462 e. The summed E-state index contributed by atoms with van der Waals surface area (Å²) in [4.78, 5) is 92.0. The molecule has 0 aliphatic rings. The van der Waals surface area contributed by atoms with Crippen molar-refractivity contribution in [2.24, 2.45) is 5.41 Å². The highest BCUT2D eigenvalue weighted by Gasteiger charge is 2.32. The zero-order valence-electron chi connectivity index (χ0n) is 51.9. The number of unbranched alkanes of at least 4 members (excludes halogenated alkanes) is 3. The smallest absolute Gasteiger partial charge is 0.408 e. The van der Waals surface area contributed by atoms with E-state index in [2.05, 4.69) is 69.6 Å². The van der Waals surface area contributed by atoms with Crippen LogP contribution in [-0.2, 0) is 90.3 Å². The van der Waals surface area contributed by atoms with Gasteiger partial charge in [-0.2, -0.15) is 0 Å². The van der Waals surface area contributed by atoms with Crippen molar-refractivity contribution in [3.8, 4) is 0 Å². The number of carbonyl (C=O) groups is 8. The summed E-state index contributed by atoms with van der Waals surface area (Å²) in [5, 5.41) is 7.63. The van der Waals surface area contributed by atoms with Gasteiger partial charge in [-0.25, -0.2) is 38.4 Å². The van der Waals surface area contributed by atoms with Gasteiger partial charge in [0.2, 0.25) is 0 Å². The number of carbonyl (C=O) groups excluding carboxylic acids is 8. The highest BCUT2D eigenvalue weighted by Crippen LogP contribution is 2.18. The predicted molar refractivity (Wildman–Crippen MR) is 313 cm³/mol. The molecule has 6 atom stereocenters. The standard InChI is InChI=1S/C22H37NO8.C21H35NO8.C16H29NO6/c1-7-10-11-27-12-17(4)28-13-18(5)31-21(26)23-14-22(6,15-29-19(24)8-2)16-30-20(25)9-3;1-7-10-11-26-12-16(4)27-13-17(5)30-20(25)22-21(6,14-28-18(23)8-2)15-29-19(24)9-3;1-5-7-9-20-11-13(3)22-12-14(4)23-16(19)17-8-10-21-15(18)6-2/h8-9,17-18H,2-3,7,10-16H2,1,4-6H3,(H,23,26);8-9,16-17H,2-3,7,10-15H2,1,4-6H3,(H,22,25);6,13-14H,2,5,7-12H2,1,3-4H3,(H,17,19). The highest BCUT2D eigenvalue weighted by molar-refractivity contribution is 5.83. The molecule has 0 fully saturated rings. The van der Waals surface area contributed by atoms with Crippen LogP contribution in [0.3, 0.4) is 0 Å². The number of esters is 5. The Labute approximate surface area is 498 Å². The van der Waals surface area contributed by atoms with Crippen molar-refractivity contribution in [1.82, 2.24) is 16.0 Å². The van der Waals surface area contributed by atoms with Crippen molar-refractivity contribution in [2.75, 3.05) is 106 Å². The zero-order chi connectivity index (χ0) is 64.2. The monoisotopic (exact) mass is 1200 g/mol. The lowest BCUT2D eigenvalue weighted by atomic mass is 9.93. The number of amides is 3. The van der Waals surface area contributed by atoms with Crippen LogP contribution in [0.15, 0.2) is 63.3 Å². The maximum Gasteiger partial charge on any atom is 0.408 e. The predicted octanol–water partition coefficient (Wildman–Crippen LogP) is 7.38. The van der Waals surface area contributed by atoms with Gasteiger partial charge in [0.15, 0.2) is 0 Å². The lowest BCUT2D eigenvalue weighted by molar-refractivity contribution is -0.147. The van der Waals surface area contributed by atoms with E-state index in [4.69, 9.17) is 66.3 Å². The van der Waals surface area contributed by atoms with Gasteiger partial charge >= 0.3 is 48.1 Å². The Morgan fingerprint density at radius 3 is 1.05 bits per heavy atom. The summed E-state index contributed by atoms with van der Waals surface area (Å²) < 4.78 is 73.6. The molecule has 0 aliphatic heterocycles. The maximum atomic E-state index is 12.3. The van der Waals surface area contributed by atoms with Crippen molar-refractivity contribution in [3.05, 3.63) is 63.3 Å². The summed E-state index contributed by atoms with van der Waals surface area (Å²) in [7, 11) is 0. The molecule has 0 heterocycles. The first-order valence-electron chi connectivity index (χ1n) is 28.2. The molecule has 484 valence electrons. The molecular weight excluding hydrogens is 1100 g/mol. The molecule has 3 N–H and O–H groups in total. The van der Waals surface area contributed by atoms with Crippen molar-refractivity contribution < 1.29 is 105 Å². The summed E-state index contributed by atoms with van der Waals surface area (Å²) in [6.45, 7) is 40.7. The molecular formula is C59H101N3O22. The van der Waals surface area contributed by atoms with Gasteiger partial charge < -0.3 is 82.3 Å². The SMILES string of the molecule is C=CC(=O)OCC(C)(CNC(=O)OC(C)COC(C)COCCCC)COC(=O)C=C.C=CC(=O)OCC(C)(COC(=O)C=C)NC(=O)OC(C)COC(C)COCCCC.C=CC(=O)OCCNC(=O)OC(C)COC(C)COCCCC. The van der Waals surface area contributed by atoms with Gasteiger partial charge in [-0.15, -0.1) is 0 Å². The normalized spacial score (nSPS) is 12.9. The third-order valence-electron chi connectivity index (χ3n) is 10.5. The van der Waals surface area contributed by atoms with Gasteiger partial charge in [-0.3, -0.25) is 0 Å². The van der Waals surface area contributed by atoms with Crippen molar-refractivity contribution >= 4 is 48.1 Å². The number of alkyl carbamates (subject to hydrolysis) is 3. The number of hydrogen-bond acceptors (Lipinski definition) is 22. The molecule has 3 amide bonds. The fourth-order valence-corrected chi connectivity index (χ4v) is 5.63. The van der Waals surface area contributed by atoms with Gasteiger partial charge in [0.25, 0.3) is 0 Å². The third kappa shape index (κ3) is 51.3. The summed E-state index contributed by atoms with van der Waals surface area (Å²) >= 11 is 0. The maximum absolute atomic E-state index is 12.3. The Hall–Kier alpha value is -6.38. The molecule has 84 heavy (non-hydrogen) atoms. The number of ether oxygens (including phenoxy) is 14. The minimum absolute atomic E-state index is 0.0376. The molecule has 0 aromatic carbocycles. The van der Waals surface area contributed by atoms with Crippen molar-refractivity contribution in [1.29, 1.82) is 0 Å². The second kappa shape index (κ2) is 52.2. The van der Waals surface area contributed by atoms with E-state index in [0.717, 1.165) is 75.5 Å². The van der Waals surface area contributed by atoms with E-state index in [1.165, 1.54) is 6.92 Å². The van der Waals surface area contributed by atoms with Crippen LogP contribution in [0.25, 0.3) is 0 Å². The van der Waals surface area contributed by atoms with E-state index in [0.29, 0.717) is 33.0 Å². The molecule has 0 saturated heterocycles. The van der Waals surface area contributed by atoms with Crippen LogP contribution in [-0.4, -0.2) is 196 Å². The molecule has 0 radical (unpaired) electrons. The average molecular weight is 1200 g/mol. The fourth-order valence-electron chi connectivity index (χ4n) is 5.63. The molecule has 0 spiro atoms. The third-order valence-corrected chi connectivity index (χ3v) is 10.5. The van der Waals surface area contributed by atoms with Gasteiger partial charge in [0.1, 0.15) is 56.9 Å². The molecule has 0 aliphatic carbocycles. The minimum Gasteiger partial charge on any atom is -0.462 e. The van der Waals surface area contributed by atoms with E-state index >= 15 is 0 Å². The second-order valence-corrected chi connectivity index (χ2v) is 19.8. The van der Waals surface area contributed by atoms with E-state index in [-0.39, 0.29) is 90.4 Å². The van der Waals surface area contributed by atoms with Crippen LogP contribution in [0.4, 0.5) is 14.4 Å². The van der Waals surface area contributed by atoms with Crippen LogP contribution in [0.2, 0.25) is 0 Å². The molecule has 0 rings (SSSR count). The quantitative estimate of drug-likeness (QED) is 0.0232. The highest BCUT2D eigenvalue weighted by atomic mass is 16.6. The molecule has 25 nitrogen and oxygen atoms in total. The molecule has 0 aromatic rings. The van der Waals surface area contributed by atoms with Crippen LogP contribution in [0.1, 0.15) is 115 Å². The summed E-state index contributed by atoms with van der Waals surface area (Å²) in [5.41, 5.74) is -2.09. The Bertz CT molecular complexity index is 1850. The van der Waals surface area contributed by atoms with Crippen LogP contribution in [0, 0.1) is 5.41 Å². The Morgan fingerprint density at radius 1 is 0.405 bits per heavy atom. The van der Waals surface area contributed by atoms with Crippen molar-refractivity contribution in [2.45, 2.75) is 157 Å². The summed E-state index contributed by atoms with van der Waals surface area (Å²) in [6, 6.07) is 0. The molecule has 0 saturated carbocycles. The number of rotatable bonds is 46. The van der Waals surface area contributed by atoms with Crippen LogP contribution in [0.5, 0.6) is 0 Å². The Balaban J connectivity index is -0.00000119. The number of nitrogens with one attached hydrogen (secondary N) is 3. The van der Waals surface area contributed by atoms with E-state index in [9.17, 15) is 38.4 Å². The van der Waals surface area contributed by atoms with Gasteiger partial charge in [-0.05, 0) is 67.7 Å². The Kier molecular flexibility index (Phi) is 50.9.